The summed E-state index contributed by atoms with van der Waals surface area (Å²) in [6.07, 6.45) is -0.321. The summed E-state index contributed by atoms with van der Waals surface area (Å²) in [4.78, 5) is 17.5. The van der Waals surface area contributed by atoms with E-state index in [1.165, 1.54) is 24.3 Å². The molecule has 47 heavy (non-hydrogen) atoms. The number of likely N-dealkylation sites (N-methyl/N-ethyl adjacent to an activating group) is 1. The number of rotatable bonds is 11. The first kappa shape index (κ1) is 34.3. The Morgan fingerprint density at radius 2 is 1.70 bits per heavy atom. The zero-order valence-corrected chi connectivity index (χ0v) is 28.2. The van der Waals surface area contributed by atoms with Gasteiger partial charge in [0.15, 0.2) is 0 Å². The number of benzene rings is 4. The van der Waals surface area contributed by atoms with Crippen molar-refractivity contribution in [1.29, 1.82) is 0 Å². The van der Waals surface area contributed by atoms with Crippen LogP contribution in [-0.4, -0.2) is 68.1 Å². The first-order chi connectivity index (χ1) is 22.5. The second kappa shape index (κ2) is 15.2. The van der Waals surface area contributed by atoms with Gasteiger partial charge in [-0.05, 0) is 86.3 Å². The van der Waals surface area contributed by atoms with E-state index in [2.05, 4.69) is 9.62 Å². The van der Waals surface area contributed by atoms with Gasteiger partial charge in [0.25, 0.3) is 10.0 Å². The predicted molar refractivity (Wildman–Crippen MR) is 184 cm³/mol. The number of hydrogen-bond acceptors (Lipinski definition) is 7. The number of fused-ring (bicyclic) bond motifs is 1. The van der Waals surface area contributed by atoms with E-state index >= 15 is 0 Å². The third-order valence-electron chi connectivity index (χ3n) is 8.14. The molecule has 0 saturated carbocycles. The van der Waals surface area contributed by atoms with Crippen molar-refractivity contribution < 1.29 is 27.8 Å². The molecule has 5 rings (SSSR count). The van der Waals surface area contributed by atoms with E-state index in [9.17, 15) is 18.3 Å². The van der Waals surface area contributed by atoms with Crippen molar-refractivity contribution in [2.45, 2.75) is 43.9 Å². The van der Waals surface area contributed by atoms with Crippen LogP contribution >= 0.6 is 11.6 Å². The molecule has 3 atom stereocenters. The Balaban J connectivity index is 1.34. The Morgan fingerprint density at radius 3 is 2.38 bits per heavy atom. The minimum absolute atomic E-state index is 0.0110. The number of hydrogen-bond donors (Lipinski definition) is 2. The highest BCUT2D eigenvalue weighted by Crippen LogP contribution is 2.30. The molecule has 248 valence electrons. The number of sulfonamides is 1. The molecule has 0 spiro atoms. The molecular formula is C36H40ClN3O6S. The molecule has 11 heteroatoms. The number of anilines is 1. The number of carbonyl (C=O) groups is 1. The number of aliphatic hydroxyl groups is 1. The fourth-order valence-electron chi connectivity index (χ4n) is 5.51. The Bertz CT molecular complexity index is 1750. The molecular weight excluding hydrogens is 638 g/mol. The number of halogens is 1. The van der Waals surface area contributed by atoms with Crippen LogP contribution < -0.4 is 14.2 Å². The van der Waals surface area contributed by atoms with Crippen molar-refractivity contribution in [1.82, 2.24) is 9.80 Å². The second-order valence-corrected chi connectivity index (χ2v) is 14.1. The van der Waals surface area contributed by atoms with Crippen molar-refractivity contribution in [3.63, 3.8) is 0 Å². The Hall–Kier alpha value is -4.09. The van der Waals surface area contributed by atoms with Gasteiger partial charge in [0, 0.05) is 41.8 Å². The first-order valence-electron chi connectivity index (χ1n) is 15.5. The molecule has 1 aliphatic heterocycles. The lowest BCUT2D eigenvalue weighted by Gasteiger charge is -2.34. The number of amides is 1. The van der Waals surface area contributed by atoms with E-state index in [1.807, 2.05) is 75.5 Å². The van der Waals surface area contributed by atoms with Crippen LogP contribution in [-0.2, 0) is 27.8 Å². The standard InChI is InChI=1S/C36H40ClN3O6S/c1-25-21-40(26(2)24-41)36(42)20-28-19-30(38-47(43,44)33-16-11-29(37)12-17-33)13-18-34(28)46-35(25)23-39(3)22-27-9-14-32(15-10-27)45-31-7-5-4-6-8-31/h4-19,25-26,35,38,41H,20-24H2,1-3H3/t25-,26+,35+/m1/s1. The molecule has 1 aliphatic rings. The van der Waals surface area contributed by atoms with Crippen LogP contribution in [0, 0.1) is 5.92 Å². The van der Waals surface area contributed by atoms with Crippen molar-refractivity contribution in [3.05, 3.63) is 113 Å². The maximum atomic E-state index is 13.6. The van der Waals surface area contributed by atoms with E-state index in [-0.39, 0.29) is 35.9 Å². The highest BCUT2D eigenvalue weighted by atomic mass is 35.5. The number of nitrogens with zero attached hydrogens (tertiary/aromatic N) is 2. The van der Waals surface area contributed by atoms with Crippen LogP contribution in [0.15, 0.2) is 102 Å². The third-order valence-corrected chi connectivity index (χ3v) is 9.79. The van der Waals surface area contributed by atoms with Gasteiger partial charge in [-0.2, -0.15) is 0 Å². The number of para-hydroxylation sites is 1. The Labute approximate surface area is 281 Å². The van der Waals surface area contributed by atoms with Gasteiger partial charge in [0.2, 0.25) is 5.91 Å². The van der Waals surface area contributed by atoms with Gasteiger partial charge < -0.3 is 19.5 Å². The molecule has 0 saturated heterocycles. The van der Waals surface area contributed by atoms with Gasteiger partial charge in [-0.1, -0.05) is 48.9 Å². The molecule has 0 unspecified atom stereocenters. The zero-order valence-electron chi connectivity index (χ0n) is 26.7. The molecule has 9 nitrogen and oxygen atoms in total. The van der Waals surface area contributed by atoms with Gasteiger partial charge in [-0.3, -0.25) is 14.4 Å². The monoisotopic (exact) mass is 677 g/mol. The van der Waals surface area contributed by atoms with E-state index in [0.29, 0.717) is 41.7 Å². The van der Waals surface area contributed by atoms with E-state index in [4.69, 9.17) is 21.1 Å². The smallest absolute Gasteiger partial charge is 0.261 e. The van der Waals surface area contributed by atoms with Crippen molar-refractivity contribution in [2.75, 3.05) is 31.5 Å². The van der Waals surface area contributed by atoms with Crippen molar-refractivity contribution in [3.8, 4) is 17.2 Å². The largest absolute Gasteiger partial charge is 0.488 e. The molecule has 1 amide bonds. The average Bonchev–Trinajstić information content (AvgIpc) is 3.09. The molecule has 2 N–H and O–H groups in total. The zero-order chi connectivity index (χ0) is 33.6. The van der Waals surface area contributed by atoms with E-state index in [1.54, 1.807) is 23.1 Å². The predicted octanol–water partition coefficient (Wildman–Crippen LogP) is 6.21. The number of ether oxygens (including phenoxy) is 2. The van der Waals surface area contributed by atoms with Crippen LogP contribution in [0.2, 0.25) is 5.02 Å². The van der Waals surface area contributed by atoms with Crippen LogP contribution in [0.1, 0.15) is 25.0 Å². The highest BCUT2D eigenvalue weighted by molar-refractivity contribution is 7.92. The van der Waals surface area contributed by atoms with Crippen molar-refractivity contribution in [2.24, 2.45) is 5.92 Å². The van der Waals surface area contributed by atoms with Crippen LogP contribution in [0.25, 0.3) is 0 Å². The first-order valence-corrected chi connectivity index (χ1v) is 17.4. The molecule has 0 fully saturated rings. The topological polar surface area (TPSA) is 108 Å². The van der Waals surface area contributed by atoms with Crippen molar-refractivity contribution >= 4 is 33.2 Å². The van der Waals surface area contributed by atoms with Gasteiger partial charge in [-0.25, -0.2) is 8.42 Å². The van der Waals surface area contributed by atoms with Gasteiger partial charge in [0.1, 0.15) is 23.4 Å². The average molecular weight is 678 g/mol. The highest BCUT2D eigenvalue weighted by Gasteiger charge is 2.31. The molecule has 1 heterocycles. The lowest BCUT2D eigenvalue weighted by molar-refractivity contribution is -0.134. The fourth-order valence-corrected chi connectivity index (χ4v) is 6.69. The summed E-state index contributed by atoms with van der Waals surface area (Å²) in [5.74, 6) is 1.79. The third kappa shape index (κ3) is 9.04. The molecule has 0 aliphatic carbocycles. The van der Waals surface area contributed by atoms with Crippen LogP contribution in [0.4, 0.5) is 5.69 Å². The number of aliphatic hydroxyl groups excluding tert-OH is 1. The van der Waals surface area contributed by atoms with Gasteiger partial charge >= 0.3 is 0 Å². The summed E-state index contributed by atoms with van der Waals surface area (Å²) in [5.41, 5.74) is 1.96. The second-order valence-electron chi connectivity index (χ2n) is 12.0. The van der Waals surface area contributed by atoms with Crippen LogP contribution in [0.5, 0.6) is 17.2 Å². The summed E-state index contributed by atoms with van der Waals surface area (Å²) in [7, 11) is -1.88. The van der Waals surface area contributed by atoms with Gasteiger partial charge in [-0.15, -0.1) is 0 Å². The minimum atomic E-state index is -3.90. The summed E-state index contributed by atoms with van der Waals surface area (Å²) < 4.78 is 41.3. The Morgan fingerprint density at radius 1 is 1.02 bits per heavy atom. The normalized spacial score (nSPS) is 17.6. The lowest BCUT2D eigenvalue weighted by Crippen LogP contribution is -2.47. The molecule has 0 radical (unpaired) electrons. The fraction of sp³-hybridized carbons (Fsp3) is 0.306. The van der Waals surface area contributed by atoms with Gasteiger partial charge in [0.05, 0.1) is 24.0 Å². The molecule has 0 bridgehead atoms. The summed E-state index contributed by atoms with van der Waals surface area (Å²) in [6, 6.07) is 28.1. The SMILES string of the molecule is C[C@@H]1CN([C@@H](C)CO)C(=O)Cc2cc(NS(=O)(=O)c3ccc(Cl)cc3)ccc2O[C@H]1CN(C)Cc1ccc(Oc2ccccc2)cc1. The maximum absolute atomic E-state index is 13.6. The number of carbonyl (C=O) groups excluding carboxylic acids is 1. The minimum Gasteiger partial charge on any atom is -0.488 e. The molecule has 4 aromatic rings. The summed E-state index contributed by atoms with van der Waals surface area (Å²) in [6.45, 7) is 5.29. The lowest BCUT2D eigenvalue weighted by atomic mass is 10.0. The summed E-state index contributed by atoms with van der Waals surface area (Å²) in [5, 5.41) is 10.4. The van der Waals surface area contributed by atoms with E-state index in [0.717, 1.165) is 17.1 Å². The van der Waals surface area contributed by atoms with Crippen LogP contribution in [0.3, 0.4) is 0 Å². The maximum Gasteiger partial charge on any atom is 0.261 e. The quantitative estimate of drug-likeness (QED) is 0.194. The number of nitrogens with one attached hydrogen (secondary N) is 1. The summed E-state index contributed by atoms with van der Waals surface area (Å²) >= 11 is 5.94. The Kier molecular flexibility index (Phi) is 11.1. The molecule has 0 aromatic heterocycles. The van der Waals surface area contributed by atoms with E-state index < -0.39 is 16.1 Å². The molecule has 4 aromatic carbocycles.